The third-order valence-corrected chi connectivity index (χ3v) is 7.19. The van der Waals surface area contributed by atoms with Crippen LogP contribution in [-0.4, -0.2) is 102 Å². The Kier molecular flexibility index (Phi) is 11.6. The Morgan fingerprint density at radius 3 is 1.66 bits per heavy atom. The number of hydrogen-bond acceptors (Lipinski definition) is 11. The van der Waals surface area contributed by atoms with E-state index in [2.05, 4.69) is 0 Å². The van der Waals surface area contributed by atoms with Crippen LogP contribution in [0.3, 0.4) is 0 Å². The zero-order chi connectivity index (χ0) is 30.0. The predicted molar refractivity (Wildman–Crippen MR) is 149 cm³/mol. The molecule has 0 bridgehead atoms. The average Bonchev–Trinajstić information content (AvgIpc) is 3.02. The van der Waals surface area contributed by atoms with Gasteiger partial charge in [0.2, 0.25) is 0 Å². The molecule has 0 unspecified atom stereocenters. The van der Waals surface area contributed by atoms with Gasteiger partial charge in [-0.2, -0.15) is 0 Å². The van der Waals surface area contributed by atoms with Gasteiger partial charge >= 0.3 is 5.97 Å². The summed E-state index contributed by atoms with van der Waals surface area (Å²) in [5, 5.41) is 68.8. The van der Waals surface area contributed by atoms with Crippen molar-refractivity contribution in [2.75, 3.05) is 60.0 Å². The van der Waals surface area contributed by atoms with E-state index in [-0.39, 0.29) is 37.7 Å². The number of carbonyl (C=O) groups excluding carboxylic acids is 1. The van der Waals surface area contributed by atoms with Crippen LogP contribution in [0.2, 0.25) is 0 Å². The number of benzene rings is 3. The zero-order valence-electron chi connectivity index (χ0n) is 23.0. The van der Waals surface area contributed by atoms with Crippen LogP contribution in [0.15, 0.2) is 48.5 Å². The van der Waals surface area contributed by atoms with Gasteiger partial charge in [0.25, 0.3) is 0 Å². The highest BCUT2D eigenvalue weighted by Crippen LogP contribution is 2.38. The number of phenols is 1. The van der Waals surface area contributed by atoms with Crippen LogP contribution in [0, 0.1) is 10.8 Å². The lowest BCUT2D eigenvalue weighted by molar-refractivity contribution is -0.0623. The normalized spacial score (nSPS) is 12.2. The van der Waals surface area contributed by atoms with Gasteiger partial charge in [-0.1, -0.05) is 36.4 Å². The maximum atomic E-state index is 12.7. The van der Waals surface area contributed by atoms with Crippen molar-refractivity contribution in [3.8, 4) is 16.9 Å². The molecule has 3 aromatic rings. The maximum absolute atomic E-state index is 12.7. The number of aliphatic hydroxyl groups is 6. The van der Waals surface area contributed by atoms with Crippen LogP contribution in [0.1, 0.15) is 21.5 Å². The molecule has 0 radical (unpaired) electrons. The van der Waals surface area contributed by atoms with Gasteiger partial charge < -0.3 is 50.0 Å². The lowest BCUT2D eigenvalue weighted by atomic mass is 9.91. The first kappa shape index (κ1) is 32.4. The second-order valence-electron chi connectivity index (χ2n) is 10.3. The third-order valence-electron chi connectivity index (χ3n) is 7.19. The van der Waals surface area contributed by atoms with Gasteiger partial charge in [0.15, 0.2) is 0 Å². The van der Waals surface area contributed by atoms with Crippen molar-refractivity contribution in [2.24, 2.45) is 10.8 Å². The Morgan fingerprint density at radius 2 is 1.17 bits per heavy atom. The molecule has 0 aliphatic carbocycles. The SMILES string of the molecule is COC(=O)c1cc(O)c2cc(COCC(CO)(CO)CO)ccc2c1-c1ccc(COCC(CO)(CO)CO)cc1. The molecule has 0 aliphatic heterocycles. The van der Waals surface area contributed by atoms with E-state index in [0.29, 0.717) is 27.5 Å². The van der Waals surface area contributed by atoms with Gasteiger partial charge in [-0.15, -0.1) is 0 Å². The van der Waals surface area contributed by atoms with Gasteiger partial charge in [0, 0.05) is 10.9 Å². The largest absolute Gasteiger partial charge is 0.507 e. The Hall–Kier alpha value is -3.13. The molecule has 0 aromatic heterocycles. The molecule has 0 atom stereocenters. The van der Waals surface area contributed by atoms with Crippen LogP contribution in [0.5, 0.6) is 5.75 Å². The maximum Gasteiger partial charge on any atom is 0.338 e. The van der Waals surface area contributed by atoms with Crippen LogP contribution in [0.25, 0.3) is 21.9 Å². The molecule has 0 aliphatic rings. The number of fused-ring (bicyclic) bond motifs is 1. The lowest BCUT2D eigenvalue weighted by Crippen LogP contribution is -2.38. The highest BCUT2D eigenvalue weighted by molar-refractivity contribution is 6.10. The summed E-state index contributed by atoms with van der Waals surface area (Å²) in [5.41, 5.74) is 0.555. The summed E-state index contributed by atoms with van der Waals surface area (Å²) in [6.45, 7) is -2.49. The first-order valence-corrected chi connectivity index (χ1v) is 13.0. The van der Waals surface area contributed by atoms with Crippen LogP contribution < -0.4 is 0 Å². The number of rotatable bonds is 16. The number of carbonyl (C=O) groups is 1. The number of ether oxygens (including phenoxy) is 3. The van der Waals surface area contributed by atoms with Crippen molar-refractivity contribution in [3.63, 3.8) is 0 Å². The molecule has 0 saturated heterocycles. The van der Waals surface area contributed by atoms with E-state index < -0.39 is 56.4 Å². The molecule has 7 N–H and O–H groups in total. The number of aromatic hydroxyl groups is 1. The van der Waals surface area contributed by atoms with Crippen LogP contribution in [0.4, 0.5) is 0 Å². The molecular weight excluding hydrogens is 536 g/mol. The smallest absolute Gasteiger partial charge is 0.338 e. The summed E-state index contributed by atoms with van der Waals surface area (Å²) in [4.78, 5) is 12.7. The molecular formula is C30H38O11. The van der Waals surface area contributed by atoms with Crippen molar-refractivity contribution in [1.29, 1.82) is 0 Å². The fourth-order valence-corrected chi connectivity index (χ4v) is 4.24. The molecule has 11 nitrogen and oxygen atoms in total. The van der Waals surface area contributed by atoms with Crippen molar-refractivity contribution >= 4 is 16.7 Å². The molecule has 41 heavy (non-hydrogen) atoms. The van der Waals surface area contributed by atoms with Gasteiger partial charge in [0.1, 0.15) is 5.75 Å². The van der Waals surface area contributed by atoms with Gasteiger partial charge in [0.05, 0.1) is 89.6 Å². The Balaban J connectivity index is 1.90. The van der Waals surface area contributed by atoms with Crippen LogP contribution >= 0.6 is 0 Å². The second kappa shape index (κ2) is 14.7. The Labute approximate surface area is 237 Å². The summed E-state index contributed by atoms with van der Waals surface area (Å²) >= 11 is 0. The number of aliphatic hydroxyl groups excluding tert-OH is 6. The van der Waals surface area contributed by atoms with E-state index in [1.165, 1.54) is 13.2 Å². The number of esters is 1. The van der Waals surface area contributed by atoms with Crippen molar-refractivity contribution in [2.45, 2.75) is 13.2 Å². The zero-order valence-corrected chi connectivity index (χ0v) is 23.0. The quantitative estimate of drug-likeness (QED) is 0.121. The number of phenolic OH excluding ortho intramolecular Hbond substituents is 1. The van der Waals surface area contributed by atoms with E-state index in [1.54, 1.807) is 42.5 Å². The fourth-order valence-electron chi connectivity index (χ4n) is 4.24. The topological polar surface area (TPSA) is 186 Å². The van der Waals surface area contributed by atoms with E-state index in [9.17, 15) is 40.5 Å². The fraction of sp³-hybridized carbons (Fsp3) is 0.433. The molecule has 3 rings (SSSR count). The lowest BCUT2D eigenvalue weighted by Gasteiger charge is -2.26. The number of methoxy groups -OCH3 is 1. The molecule has 224 valence electrons. The van der Waals surface area contributed by atoms with Crippen molar-refractivity contribution in [1.82, 2.24) is 0 Å². The standard InChI is InChI=1S/C30H38O11/c1-39-28(38)25-9-26(37)24-8-21(11-41-19-30(15-34,16-35)17-36)4-7-23(24)27(25)22-5-2-20(3-6-22)10-40-18-29(12-31,13-32)14-33/h2-9,31-37H,10-19H2,1H3. The van der Waals surface area contributed by atoms with E-state index in [0.717, 1.165) is 5.56 Å². The minimum absolute atomic E-state index is 0.0413. The van der Waals surface area contributed by atoms with Crippen molar-refractivity contribution in [3.05, 3.63) is 65.2 Å². The highest BCUT2D eigenvalue weighted by atomic mass is 16.5. The first-order chi connectivity index (χ1) is 19.7. The molecule has 0 spiro atoms. The minimum atomic E-state index is -1.17. The minimum Gasteiger partial charge on any atom is -0.507 e. The summed E-state index contributed by atoms with van der Waals surface area (Å²) < 4.78 is 16.2. The predicted octanol–water partition coefficient (Wildman–Crippen LogP) is 0.959. The van der Waals surface area contributed by atoms with E-state index >= 15 is 0 Å². The highest BCUT2D eigenvalue weighted by Gasteiger charge is 2.29. The second-order valence-corrected chi connectivity index (χ2v) is 10.3. The first-order valence-electron chi connectivity index (χ1n) is 13.0. The van der Waals surface area contributed by atoms with E-state index in [4.69, 9.17) is 14.2 Å². The van der Waals surface area contributed by atoms with Crippen LogP contribution in [-0.2, 0) is 27.4 Å². The average molecular weight is 575 g/mol. The Bertz CT molecular complexity index is 1270. The molecule has 0 saturated carbocycles. The summed E-state index contributed by atoms with van der Waals surface area (Å²) in [6, 6.07) is 13.8. The summed E-state index contributed by atoms with van der Waals surface area (Å²) in [7, 11) is 1.25. The molecule has 0 amide bonds. The molecule has 11 heteroatoms. The third kappa shape index (κ3) is 7.39. The molecule has 3 aromatic carbocycles. The molecule has 0 fully saturated rings. The van der Waals surface area contributed by atoms with Gasteiger partial charge in [-0.05, 0) is 34.2 Å². The monoisotopic (exact) mass is 574 g/mol. The van der Waals surface area contributed by atoms with Gasteiger partial charge in [-0.25, -0.2) is 4.79 Å². The van der Waals surface area contributed by atoms with Gasteiger partial charge in [-0.3, -0.25) is 0 Å². The van der Waals surface area contributed by atoms with Crippen molar-refractivity contribution < 1.29 is 54.8 Å². The molecule has 0 heterocycles. The summed E-state index contributed by atoms with van der Waals surface area (Å²) in [6.07, 6.45) is 0. The summed E-state index contributed by atoms with van der Waals surface area (Å²) in [5.74, 6) is -0.759. The van der Waals surface area contributed by atoms with E-state index in [1.807, 2.05) is 0 Å². The number of hydrogen-bond donors (Lipinski definition) is 7. The Morgan fingerprint density at radius 1 is 0.683 bits per heavy atom.